The lowest BCUT2D eigenvalue weighted by molar-refractivity contribution is 0.281. The monoisotopic (exact) mass is 326 g/mol. The maximum atomic E-state index is 12.4. The van der Waals surface area contributed by atoms with E-state index in [1.165, 1.54) is 17.4 Å². The van der Waals surface area contributed by atoms with Crippen LogP contribution < -0.4 is 4.72 Å². The van der Waals surface area contributed by atoms with E-state index < -0.39 is 10.0 Å². The van der Waals surface area contributed by atoms with E-state index in [9.17, 15) is 13.5 Å². The van der Waals surface area contributed by atoms with Crippen molar-refractivity contribution in [2.45, 2.75) is 38.3 Å². The second-order valence-corrected chi connectivity index (χ2v) is 7.34. The highest BCUT2D eigenvalue weighted by atomic mass is 32.2. The summed E-state index contributed by atoms with van der Waals surface area (Å²) in [4.78, 5) is 4.46. The molecule has 0 spiro atoms. The largest absolute Gasteiger partial charge is 0.392 e. The third kappa shape index (κ3) is 3.88. The topological polar surface area (TPSA) is 79.3 Å². The van der Waals surface area contributed by atoms with Gasteiger partial charge in [0.2, 0.25) is 10.0 Å². The van der Waals surface area contributed by atoms with Crippen LogP contribution in [0.2, 0.25) is 0 Å². The van der Waals surface area contributed by atoms with Gasteiger partial charge in [0.05, 0.1) is 18.0 Å². The SMILES string of the molecule is CCc1ccc(CO)cc1S(=O)(=O)NCc1nc(C)cs1. The normalized spacial score (nSPS) is 11.8. The molecule has 1 aromatic heterocycles. The van der Waals surface area contributed by atoms with Crippen molar-refractivity contribution in [2.75, 3.05) is 0 Å². The molecule has 0 aliphatic heterocycles. The number of hydrogen-bond donors (Lipinski definition) is 2. The van der Waals surface area contributed by atoms with E-state index >= 15 is 0 Å². The lowest BCUT2D eigenvalue weighted by Crippen LogP contribution is -2.24. The summed E-state index contributed by atoms with van der Waals surface area (Å²) in [6.45, 7) is 3.76. The molecule has 2 N–H and O–H groups in total. The Bertz CT molecular complexity index is 724. The predicted molar refractivity (Wildman–Crippen MR) is 82.6 cm³/mol. The average Bonchev–Trinajstić information content (AvgIpc) is 2.90. The van der Waals surface area contributed by atoms with Crippen molar-refractivity contribution in [3.05, 3.63) is 45.4 Å². The maximum absolute atomic E-state index is 12.4. The van der Waals surface area contributed by atoms with Crippen molar-refractivity contribution < 1.29 is 13.5 Å². The molecule has 0 aliphatic carbocycles. The number of aliphatic hydroxyl groups is 1. The smallest absolute Gasteiger partial charge is 0.241 e. The minimum Gasteiger partial charge on any atom is -0.392 e. The Morgan fingerprint density at radius 3 is 2.71 bits per heavy atom. The summed E-state index contributed by atoms with van der Waals surface area (Å²) in [7, 11) is -3.62. The number of thiazole rings is 1. The highest BCUT2D eigenvalue weighted by Gasteiger charge is 2.18. The van der Waals surface area contributed by atoms with Gasteiger partial charge in [-0.25, -0.2) is 18.1 Å². The van der Waals surface area contributed by atoms with E-state index in [1.54, 1.807) is 12.1 Å². The van der Waals surface area contributed by atoms with Gasteiger partial charge in [-0.15, -0.1) is 11.3 Å². The number of sulfonamides is 1. The number of nitrogens with one attached hydrogen (secondary N) is 1. The van der Waals surface area contributed by atoms with Crippen molar-refractivity contribution in [3.8, 4) is 0 Å². The Balaban J connectivity index is 2.26. The van der Waals surface area contributed by atoms with Gasteiger partial charge < -0.3 is 5.11 Å². The first-order valence-corrected chi connectivity index (χ1v) is 8.96. The molecule has 114 valence electrons. The van der Waals surface area contributed by atoms with Gasteiger partial charge in [0, 0.05) is 11.1 Å². The molecule has 2 aromatic rings. The van der Waals surface area contributed by atoms with Gasteiger partial charge in [0.15, 0.2) is 0 Å². The summed E-state index contributed by atoms with van der Waals surface area (Å²) in [6.07, 6.45) is 0.609. The Morgan fingerprint density at radius 1 is 1.38 bits per heavy atom. The molecular formula is C14H18N2O3S2. The van der Waals surface area contributed by atoms with E-state index in [-0.39, 0.29) is 18.0 Å². The summed E-state index contributed by atoms with van der Waals surface area (Å²) >= 11 is 1.42. The Kier molecular flexibility index (Phi) is 5.10. The molecule has 1 aromatic carbocycles. The second kappa shape index (κ2) is 6.65. The van der Waals surface area contributed by atoms with Crippen molar-refractivity contribution in [3.63, 3.8) is 0 Å². The van der Waals surface area contributed by atoms with Gasteiger partial charge in [0.25, 0.3) is 0 Å². The molecule has 0 aliphatic rings. The number of aryl methyl sites for hydroxylation is 2. The van der Waals surface area contributed by atoms with Gasteiger partial charge in [-0.3, -0.25) is 0 Å². The molecule has 21 heavy (non-hydrogen) atoms. The molecule has 0 saturated carbocycles. The minimum absolute atomic E-state index is 0.174. The molecule has 0 amide bonds. The van der Waals surface area contributed by atoms with Crippen molar-refractivity contribution in [1.29, 1.82) is 0 Å². The number of aromatic nitrogens is 1. The third-order valence-corrected chi connectivity index (χ3v) is 5.51. The van der Waals surface area contributed by atoms with Gasteiger partial charge in [-0.05, 0) is 30.5 Å². The fourth-order valence-electron chi connectivity index (χ4n) is 1.96. The van der Waals surface area contributed by atoms with Crippen LogP contribution in [0, 0.1) is 6.92 Å². The number of rotatable bonds is 6. The van der Waals surface area contributed by atoms with Crippen molar-refractivity contribution in [2.24, 2.45) is 0 Å². The maximum Gasteiger partial charge on any atom is 0.241 e. The molecular weight excluding hydrogens is 308 g/mol. The zero-order valence-electron chi connectivity index (χ0n) is 12.0. The molecule has 0 bridgehead atoms. The minimum atomic E-state index is -3.62. The van der Waals surface area contributed by atoms with E-state index in [0.29, 0.717) is 12.0 Å². The van der Waals surface area contributed by atoms with Crippen LogP contribution in [0.1, 0.15) is 28.8 Å². The van der Waals surface area contributed by atoms with Gasteiger partial charge in [-0.2, -0.15) is 0 Å². The Hall–Kier alpha value is -1.28. The summed E-state index contributed by atoms with van der Waals surface area (Å²) in [5.74, 6) is 0. The lowest BCUT2D eigenvalue weighted by Gasteiger charge is -2.11. The zero-order chi connectivity index (χ0) is 15.5. The van der Waals surface area contributed by atoms with Crippen LogP contribution in [-0.2, 0) is 29.6 Å². The van der Waals surface area contributed by atoms with Crippen LogP contribution in [0.3, 0.4) is 0 Å². The van der Waals surface area contributed by atoms with Crippen molar-refractivity contribution >= 4 is 21.4 Å². The van der Waals surface area contributed by atoms with E-state index in [4.69, 9.17) is 0 Å². The van der Waals surface area contributed by atoms with Crippen LogP contribution >= 0.6 is 11.3 Å². The molecule has 0 fully saturated rings. The summed E-state index contributed by atoms with van der Waals surface area (Å²) in [6, 6.07) is 5.00. The molecule has 0 saturated heterocycles. The molecule has 2 rings (SSSR count). The molecule has 1 heterocycles. The number of benzene rings is 1. The highest BCUT2D eigenvalue weighted by molar-refractivity contribution is 7.89. The second-order valence-electron chi connectivity index (χ2n) is 4.66. The first kappa shape index (κ1) is 16.1. The standard InChI is InChI=1S/C14H18N2O3S2/c1-3-12-5-4-11(8-17)6-13(12)21(18,19)15-7-14-16-10(2)9-20-14/h4-6,9,15,17H,3,7-8H2,1-2H3. The molecule has 0 atom stereocenters. The number of hydrogen-bond acceptors (Lipinski definition) is 5. The molecule has 5 nitrogen and oxygen atoms in total. The first-order chi connectivity index (χ1) is 9.96. The predicted octanol–water partition coefficient (Wildman–Crippen LogP) is 1.98. The van der Waals surface area contributed by atoms with Crippen molar-refractivity contribution in [1.82, 2.24) is 9.71 Å². The van der Waals surface area contributed by atoms with E-state index in [1.807, 2.05) is 19.2 Å². The summed E-state index contributed by atoms with van der Waals surface area (Å²) < 4.78 is 27.5. The van der Waals surface area contributed by atoms with Crippen LogP contribution in [0.25, 0.3) is 0 Å². The van der Waals surface area contributed by atoms with Crippen LogP contribution in [0.4, 0.5) is 0 Å². The van der Waals surface area contributed by atoms with Crippen LogP contribution in [-0.4, -0.2) is 18.5 Å². The number of aliphatic hydroxyl groups excluding tert-OH is 1. The van der Waals surface area contributed by atoms with Gasteiger partial charge >= 0.3 is 0 Å². The molecule has 0 radical (unpaired) electrons. The van der Waals surface area contributed by atoms with Gasteiger partial charge in [0.1, 0.15) is 5.01 Å². The van der Waals surface area contributed by atoms with E-state index in [2.05, 4.69) is 9.71 Å². The number of nitrogens with zero attached hydrogens (tertiary/aromatic N) is 1. The van der Waals surface area contributed by atoms with Crippen LogP contribution in [0.15, 0.2) is 28.5 Å². The lowest BCUT2D eigenvalue weighted by atomic mass is 10.1. The van der Waals surface area contributed by atoms with Gasteiger partial charge in [-0.1, -0.05) is 19.1 Å². The Labute approximate surface area is 128 Å². The average molecular weight is 326 g/mol. The summed E-state index contributed by atoms with van der Waals surface area (Å²) in [5.41, 5.74) is 2.19. The third-order valence-electron chi connectivity index (χ3n) is 3.06. The van der Waals surface area contributed by atoms with E-state index in [0.717, 1.165) is 16.3 Å². The molecule has 0 unspecified atom stereocenters. The zero-order valence-corrected chi connectivity index (χ0v) is 13.6. The van der Waals surface area contributed by atoms with Crippen LogP contribution in [0.5, 0.6) is 0 Å². The fraction of sp³-hybridized carbons (Fsp3) is 0.357. The highest BCUT2D eigenvalue weighted by Crippen LogP contribution is 2.19. The first-order valence-electron chi connectivity index (χ1n) is 6.59. The quantitative estimate of drug-likeness (QED) is 0.851. The fourth-order valence-corrected chi connectivity index (χ4v) is 4.11. The summed E-state index contributed by atoms with van der Waals surface area (Å²) in [5, 5.41) is 11.8. The Morgan fingerprint density at radius 2 is 2.14 bits per heavy atom. The molecule has 7 heteroatoms.